The summed E-state index contributed by atoms with van der Waals surface area (Å²) < 4.78 is 79.2. The Morgan fingerprint density at radius 1 is 1.43 bits per heavy atom. The molecule has 28 heavy (non-hydrogen) atoms. The number of hydrogen-bond donors (Lipinski definition) is 3. The highest BCUT2D eigenvalue weighted by molar-refractivity contribution is 7.92. The molecule has 0 saturated carbocycles. The molecule has 2 atom stereocenters. The van der Waals surface area contributed by atoms with Gasteiger partial charge in [-0.15, -0.1) is 0 Å². The number of nitrogens with one attached hydrogen (secondary N) is 2. The normalized spacial score (nSPS) is 22.7. The monoisotopic (exact) mass is 425 g/mol. The zero-order valence-electron chi connectivity index (χ0n) is 14.8. The molecule has 0 aromatic heterocycles. The zero-order valence-corrected chi connectivity index (χ0v) is 15.6. The third-order valence-corrected chi connectivity index (χ3v) is 6.35. The number of carbonyl (C=O) groups excluding carboxylic acids is 1. The lowest BCUT2D eigenvalue weighted by atomic mass is 9.87. The fraction of sp³-hybridized carbons (Fsp3) is 0.562. The number of anilines is 1. The van der Waals surface area contributed by atoms with Crippen molar-refractivity contribution in [1.82, 2.24) is 10.0 Å². The Labute approximate surface area is 158 Å². The van der Waals surface area contributed by atoms with Gasteiger partial charge in [0, 0.05) is 12.6 Å². The Morgan fingerprint density at radius 3 is 2.68 bits per heavy atom. The number of benzene rings is 1. The number of fused-ring (bicyclic) bond motifs is 1. The van der Waals surface area contributed by atoms with E-state index in [1.165, 1.54) is 6.07 Å². The van der Waals surface area contributed by atoms with Gasteiger partial charge in [0.15, 0.2) is 5.82 Å². The van der Waals surface area contributed by atoms with Crippen LogP contribution in [-0.2, 0) is 27.8 Å². The van der Waals surface area contributed by atoms with Gasteiger partial charge in [0.1, 0.15) is 18.0 Å². The number of rotatable bonds is 4. The molecule has 1 aromatic rings. The molecular formula is C16H19F4N3O4S. The summed E-state index contributed by atoms with van der Waals surface area (Å²) in [5, 5.41) is 12.9. The van der Waals surface area contributed by atoms with E-state index in [2.05, 4.69) is 5.32 Å². The SMILES string of the molecule is CC(CN[C@@H]1CCc2cc(O)c(N3CC(=O)NS3(=O)=O)c(F)c2C1)C(F)(F)F. The summed E-state index contributed by atoms with van der Waals surface area (Å²) in [4.78, 5) is 11.4. The zero-order chi connectivity index (χ0) is 20.9. The molecule has 3 N–H and O–H groups in total. The molecule has 1 heterocycles. The molecule has 2 aliphatic rings. The number of phenolic OH excluding ortho intramolecular Hbond substituents is 1. The van der Waals surface area contributed by atoms with Crippen molar-refractivity contribution in [2.75, 3.05) is 17.4 Å². The maximum atomic E-state index is 15.1. The number of halogens is 4. The van der Waals surface area contributed by atoms with Gasteiger partial charge in [-0.05, 0) is 36.5 Å². The lowest BCUT2D eigenvalue weighted by Gasteiger charge is -2.29. The molecule has 1 aliphatic carbocycles. The lowest BCUT2D eigenvalue weighted by molar-refractivity contribution is -0.168. The van der Waals surface area contributed by atoms with Crippen molar-refractivity contribution >= 4 is 21.8 Å². The minimum atomic E-state index is -4.34. The average molecular weight is 425 g/mol. The fourth-order valence-electron chi connectivity index (χ4n) is 3.36. The Bertz CT molecular complexity index is 904. The van der Waals surface area contributed by atoms with Crippen LogP contribution in [0.5, 0.6) is 5.75 Å². The van der Waals surface area contributed by atoms with Crippen molar-refractivity contribution in [2.45, 2.75) is 38.4 Å². The summed E-state index contributed by atoms with van der Waals surface area (Å²) >= 11 is 0. The van der Waals surface area contributed by atoms with Gasteiger partial charge in [-0.1, -0.05) is 6.92 Å². The van der Waals surface area contributed by atoms with Crippen LogP contribution in [0.2, 0.25) is 0 Å². The van der Waals surface area contributed by atoms with E-state index in [0.29, 0.717) is 22.7 Å². The molecule has 1 amide bonds. The van der Waals surface area contributed by atoms with E-state index < -0.39 is 58.1 Å². The van der Waals surface area contributed by atoms with Crippen molar-refractivity contribution in [3.05, 3.63) is 23.0 Å². The van der Waals surface area contributed by atoms with E-state index in [4.69, 9.17) is 0 Å². The van der Waals surface area contributed by atoms with Crippen molar-refractivity contribution < 1.29 is 35.9 Å². The summed E-state index contributed by atoms with van der Waals surface area (Å²) in [5.41, 5.74) is -0.0660. The van der Waals surface area contributed by atoms with Gasteiger partial charge in [-0.2, -0.15) is 21.6 Å². The van der Waals surface area contributed by atoms with Gasteiger partial charge >= 0.3 is 16.4 Å². The molecule has 1 aromatic carbocycles. The molecule has 0 radical (unpaired) electrons. The van der Waals surface area contributed by atoms with Crippen LogP contribution in [0.25, 0.3) is 0 Å². The van der Waals surface area contributed by atoms with Crippen molar-refractivity contribution in [1.29, 1.82) is 0 Å². The highest BCUT2D eigenvalue weighted by Gasteiger charge is 2.39. The van der Waals surface area contributed by atoms with E-state index in [1.807, 2.05) is 0 Å². The summed E-state index contributed by atoms with van der Waals surface area (Å²) in [5.74, 6) is -4.04. The predicted molar refractivity (Wildman–Crippen MR) is 91.5 cm³/mol. The Balaban J connectivity index is 1.85. The highest BCUT2D eigenvalue weighted by atomic mass is 32.2. The van der Waals surface area contributed by atoms with Gasteiger partial charge < -0.3 is 10.4 Å². The first-order valence-electron chi connectivity index (χ1n) is 8.56. The second-order valence-corrected chi connectivity index (χ2v) is 8.62. The number of aromatic hydroxyl groups is 1. The van der Waals surface area contributed by atoms with Gasteiger partial charge in [0.25, 0.3) is 5.91 Å². The first kappa shape index (κ1) is 20.6. The smallest absolute Gasteiger partial charge is 0.392 e. The molecule has 1 fully saturated rings. The fourth-order valence-corrected chi connectivity index (χ4v) is 4.52. The summed E-state index contributed by atoms with van der Waals surface area (Å²) in [6, 6.07) is 0.805. The predicted octanol–water partition coefficient (Wildman–Crippen LogP) is 1.36. The second kappa shape index (κ2) is 7.07. The van der Waals surface area contributed by atoms with Crippen molar-refractivity contribution in [3.63, 3.8) is 0 Å². The minimum absolute atomic E-state index is 0.0360. The van der Waals surface area contributed by atoms with Crippen LogP contribution < -0.4 is 14.3 Å². The van der Waals surface area contributed by atoms with Gasteiger partial charge in [-0.25, -0.2) is 13.4 Å². The lowest BCUT2D eigenvalue weighted by Crippen LogP contribution is -2.40. The molecule has 12 heteroatoms. The Morgan fingerprint density at radius 2 is 2.11 bits per heavy atom. The number of carbonyl (C=O) groups is 1. The summed E-state index contributed by atoms with van der Waals surface area (Å²) in [6.45, 7) is 0.0497. The van der Waals surface area contributed by atoms with E-state index in [0.717, 1.165) is 6.92 Å². The van der Waals surface area contributed by atoms with Crippen LogP contribution in [-0.4, -0.2) is 44.7 Å². The van der Waals surface area contributed by atoms with Crippen LogP contribution in [0.3, 0.4) is 0 Å². The highest BCUT2D eigenvalue weighted by Crippen LogP contribution is 2.39. The molecule has 7 nitrogen and oxygen atoms in total. The summed E-state index contributed by atoms with van der Waals surface area (Å²) in [7, 11) is -4.32. The van der Waals surface area contributed by atoms with Crippen molar-refractivity contribution in [3.8, 4) is 5.75 Å². The first-order valence-corrected chi connectivity index (χ1v) is 10.0. The molecule has 0 spiro atoms. The number of aryl methyl sites for hydroxylation is 1. The number of phenols is 1. The number of hydrogen-bond acceptors (Lipinski definition) is 5. The molecule has 156 valence electrons. The molecular weight excluding hydrogens is 406 g/mol. The number of amides is 1. The van der Waals surface area contributed by atoms with Gasteiger partial charge in [-0.3, -0.25) is 4.79 Å². The molecule has 1 saturated heterocycles. The number of nitrogens with zero attached hydrogens (tertiary/aromatic N) is 1. The molecule has 1 aliphatic heterocycles. The van der Waals surface area contributed by atoms with Gasteiger partial charge in [0.05, 0.1) is 5.92 Å². The maximum Gasteiger partial charge on any atom is 0.392 e. The number of alkyl halides is 3. The van der Waals surface area contributed by atoms with Crippen LogP contribution in [0.4, 0.5) is 23.2 Å². The summed E-state index contributed by atoms with van der Waals surface area (Å²) in [6.07, 6.45) is -3.55. The van der Waals surface area contributed by atoms with Crippen LogP contribution in [0.1, 0.15) is 24.5 Å². The molecule has 3 rings (SSSR count). The standard InChI is InChI=1S/C16H19F4N3O4S/c1-8(16(18,19)20)6-21-10-3-2-9-4-12(24)15(14(17)11(9)5-10)23-7-13(25)22-28(23,26)27/h4,8,10,21,24H,2-3,5-7H2,1H3,(H,22,25)/t8?,10-/m1/s1. The Kier molecular flexibility index (Phi) is 5.21. The van der Waals surface area contributed by atoms with E-state index in [-0.39, 0.29) is 18.5 Å². The van der Waals surface area contributed by atoms with Gasteiger partial charge in [0.2, 0.25) is 0 Å². The van der Waals surface area contributed by atoms with E-state index in [9.17, 15) is 31.5 Å². The van der Waals surface area contributed by atoms with Crippen LogP contribution >= 0.6 is 0 Å². The maximum absolute atomic E-state index is 15.1. The minimum Gasteiger partial charge on any atom is -0.506 e. The quantitative estimate of drug-likeness (QED) is 0.633. The topological polar surface area (TPSA) is 98.7 Å². The molecule has 0 bridgehead atoms. The van der Waals surface area contributed by atoms with E-state index >= 15 is 4.39 Å². The average Bonchev–Trinajstić information content (AvgIpc) is 2.84. The second-order valence-electron chi connectivity index (χ2n) is 7.02. The van der Waals surface area contributed by atoms with E-state index in [1.54, 1.807) is 4.72 Å². The van der Waals surface area contributed by atoms with Crippen molar-refractivity contribution in [2.24, 2.45) is 5.92 Å². The molecule has 1 unspecified atom stereocenters. The van der Waals surface area contributed by atoms with Crippen LogP contribution in [0, 0.1) is 11.7 Å². The third-order valence-electron chi connectivity index (χ3n) is 4.97. The first-order chi connectivity index (χ1) is 12.9. The Hall–Kier alpha value is -2.08. The largest absolute Gasteiger partial charge is 0.506 e. The van der Waals surface area contributed by atoms with Crippen LogP contribution in [0.15, 0.2) is 6.07 Å². The third kappa shape index (κ3) is 3.88.